The number of aromatic nitrogens is 4. The largest absolute Gasteiger partial charge is 0.388 e. The van der Waals surface area contributed by atoms with E-state index in [1.54, 1.807) is 10.9 Å². The van der Waals surface area contributed by atoms with Crippen LogP contribution in [0, 0.1) is 0 Å². The molecule has 1 fully saturated rings. The highest BCUT2D eigenvalue weighted by Gasteiger charge is 2.41. The molecule has 1 aliphatic heterocycles. The predicted octanol–water partition coefficient (Wildman–Crippen LogP) is 2.77. The number of carbonyl (C=O) groups is 1. The number of carbonyl (C=O) groups excluding carboxylic acids is 1. The van der Waals surface area contributed by atoms with Crippen LogP contribution in [0.1, 0.15) is 52.6 Å². The average Bonchev–Trinajstić information content (AvgIpc) is 3.36. The summed E-state index contributed by atoms with van der Waals surface area (Å²) in [7, 11) is 3.76. The molecule has 4 N–H and O–H groups in total. The van der Waals surface area contributed by atoms with Crippen molar-refractivity contribution in [2.24, 2.45) is 0 Å². The van der Waals surface area contributed by atoms with Crippen molar-refractivity contribution in [1.29, 1.82) is 0 Å². The molecule has 0 bridgehead atoms. The van der Waals surface area contributed by atoms with Crippen molar-refractivity contribution in [3.05, 3.63) is 42.5 Å². The minimum atomic E-state index is -1.09. The Labute approximate surface area is 248 Å². The molecule has 3 heterocycles. The number of nitrogens with zero attached hydrogens (tertiary/aromatic N) is 6. The molecule has 12 heteroatoms. The summed E-state index contributed by atoms with van der Waals surface area (Å²) in [5.74, 6) is 0.678. The number of amides is 2. The summed E-state index contributed by atoms with van der Waals surface area (Å²) in [6, 6.07) is 7.30. The highest BCUT2D eigenvalue weighted by Crippen LogP contribution is 2.30. The van der Waals surface area contributed by atoms with Crippen LogP contribution in [-0.4, -0.2) is 105 Å². The first-order chi connectivity index (χ1) is 19.9. The van der Waals surface area contributed by atoms with Gasteiger partial charge < -0.3 is 35.1 Å². The normalized spacial score (nSPS) is 21.2. The van der Waals surface area contributed by atoms with Crippen LogP contribution in [0.5, 0.6) is 0 Å². The van der Waals surface area contributed by atoms with E-state index in [0.29, 0.717) is 36.6 Å². The van der Waals surface area contributed by atoms with E-state index < -0.39 is 24.4 Å². The first-order valence-corrected chi connectivity index (χ1v) is 14.6. The molecule has 12 nitrogen and oxygen atoms in total. The summed E-state index contributed by atoms with van der Waals surface area (Å²) in [5.41, 5.74) is 3.22. The van der Waals surface area contributed by atoms with Gasteiger partial charge in [0.25, 0.3) is 0 Å². The van der Waals surface area contributed by atoms with Gasteiger partial charge in [-0.15, -0.1) is 0 Å². The summed E-state index contributed by atoms with van der Waals surface area (Å²) in [6.07, 6.45) is 1.09. The SMILES string of the molecule is CC(C)N(CCCNC(=O)Nc1ccc(C(C)(C)C)cc1)C[C@H]1OCC(n2cnc3c(N(C)C)ncnc32)[C@H](O)[C@@H]1O. The van der Waals surface area contributed by atoms with E-state index in [2.05, 4.69) is 65.1 Å². The zero-order valence-corrected chi connectivity index (χ0v) is 25.8. The number of anilines is 2. The molecule has 2 aromatic heterocycles. The summed E-state index contributed by atoms with van der Waals surface area (Å²) in [6.45, 7) is 12.5. The Morgan fingerprint density at radius 2 is 1.83 bits per heavy atom. The number of benzene rings is 1. The van der Waals surface area contributed by atoms with Crippen LogP contribution in [-0.2, 0) is 10.2 Å². The molecule has 2 amide bonds. The fraction of sp³-hybridized carbons (Fsp3) is 0.600. The Hall–Kier alpha value is -3.32. The number of ether oxygens (including phenoxy) is 1. The van der Waals surface area contributed by atoms with E-state index in [9.17, 15) is 15.0 Å². The van der Waals surface area contributed by atoms with Gasteiger partial charge in [0.05, 0.1) is 25.1 Å². The van der Waals surface area contributed by atoms with Gasteiger partial charge in [0.15, 0.2) is 17.0 Å². The van der Waals surface area contributed by atoms with Crippen LogP contribution in [0.2, 0.25) is 0 Å². The van der Waals surface area contributed by atoms with Gasteiger partial charge in [0.1, 0.15) is 18.5 Å². The number of hydrogen-bond acceptors (Lipinski definition) is 9. The smallest absolute Gasteiger partial charge is 0.319 e. The molecule has 230 valence electrons. The molecular formula is C30H46N8O4. The lowest BCUT2D eigenvalue weighted by atomic mass is 9.87. The van der Waals surface area contributed by atoms with Gasteiger partial charge in [-0.05, 0) is 43.4 Å². The Balaban J connectivity index is 1.27. The lowest BCUT2D eigenvalue weighted by Crippen LogP contribution is -2.55. The number of fused-ring (bicyclic) bond motifs is 1. The molecule has 0 aliphatic carbocycles. The highest BCUT2D eigenvalue weighted by molar-refractivity contribution is 5.89. The third-order valence-electron chi connectivity index (χ3n) is 7.79. The van der Waals surface area contributed by atoms with Crippen molar-refractivity contribution < 1.29 is 19.7 Å². The van der Waals surface area contributed by atoms with Gasteiger partial charge in [-0.1, -0.05) is 32.9 Å². The molecule has 3 aromatic rings. The Morgan fingerprint density at radius 3 is 2.48 bits per heavy atom. The monoisotopic (exact) mass is 582 g/mol. The molecule has 1 saturated heterocycles. The summed E-state index contributed by atoms with van der Waals surface area (Å²) in [4.78, 5) is 29.6. The maximum absolute atomic E-state index is 12.4. The van der Waals surface area contributed by atoms with E-state index >= 15 is 0 Å². The minimum absolute atomic E-state index is 0.0578. The van der Waals surface area contributed by atoms with Crippen LogP contribution in [0.4, 0.5) is 16.3 Å². The van der Waals surface area contributed by atoms with Crippen LogP contribution >= 0.6 is 0 Å². The fourth-order valence-electron chi connectivity index (χ4n) is 5.19. The minimum Gasteiger partial charge on any atom is -0.388 e. The second-order valence-electron chi connectivity index (χ2n) is 12.5. The molecule has 1 aliphatic rings. The Kier molecular flexibility index (Phi) is 10.0. The lowest BCUT2D eigenvalue weighted by Gasteiger charge is -2.41. The second-order valence-corrected chi connectivity index (χ2v) is 12.5. The number of aliphatic hydroxyl groups excluding tert-OH is 2. The van der Waals surface area contributed by atoms with Crippen molar-refractivity contribution in [2.75, 3.05) is 50.6 Å². The summed E-state index contributed by atoms with van der Waals surface area (Å²) in [5, 5.41) is 28.0. The molecule has 1 aromatic carbocycles. The molecular weight excluding hydrogens is 536 g/mol. The van der Waals surface area contributed by atoms with Gasteiger partial charge in [0.2, 0.25) is 0 Å². The third kappa shape index (κ3) is 7.35. The number of nitrogens with one attached hydrogen (secondary N) is 2. The van der Waals surface area contributed by atoms with Gasteiger partial charge in [-0.25, -0.2) is 19.7 Å². The van der Waals surface area contributed by atoms with Crippen LogP contribution in [0.3, 0.4) is 0 Å². The topological polar surface area (TPSA) is 141 Å². The van der Waals surface area contributed by atoms with E-state index in [1.807, 2.05) is 43.3 Å². The van der Waals surface area contributed by atoms with Crippen LogP contribution in [0.25, 0.3) is 11.2 Å². The molecule has 0 spiro atoms. The number of imidazole rings is 1. The zero-order chi connectivity index (χ0) is 30.6. The van der Waals surface area contributed by atoms with E-state index in [1.165, 1.54) is 11.9 Å². The number of hydrogen-bond donors (Lipinski definition) is 4. The zero-order valence-electron chi connectivity index (χ0n) is 25.8. The first kappa shape index (κ1) is 31.6. The Morgan fingerprint density at radius 1 is 1.12 bits per heavy atom. The number of rotatable bonds is 10. The molecule has 4 rings (SSSR count). The summed E-state index contributed by atoms with van der Waals surface area (Å²) < 4.78 is 7.86. The fourth-order valence-corrected chi connectivity index (χ4v) is 5.19. The first-order valence-electron chi connectivity index (χ1n) is 14.6. The van der Waals surface area contributed by atoms with Crippen LogP contribution < -0.4 is 15.5 Å². The van der Waals surface area contributed by atoms with Gasteiger partial charge >= 0.3 is 6.03 Å². The summed E-state index contributed by atoms with van der Waals surface area (Å²) >= 11 is 0. The van der Waals surface area contributed by atoms with Crippen LogP contribution in [0.15, 0.2) is 36.9 Å². The predicted molar refractivity (Wildman–Crippen MR) is 164 cm³/mol. The van der Waals surface area contributed by atoms with E-state index in [0.717, 1.165) is 12.1 Å². The van der Waals surface area contributed by atoms with Crippen molar-refractivity contribution in [3.8, 4) is 0 Å². The molecule has 42 heavy (non-hydrogen) atoms. The van der Waals surface area contributed by atoms with Gasteiger partial charge in [0, 0.05) is 45.5 Å². The van der Waals surface area contributed by atoms with E-state index in [-0.39, 0.29) is 24.1 Å². The maximum atomic E-state index is 12.4. The maximum Gasteiger partial charge on any atom is 0.319 e. The molecule has 4 atom stereocenters. The van der Waals surface area contributed by atoms with Gasteiger partial charge in [-0.2, -0.15) is 0 Å². The molecule has 1 unspecified atom stereocenters. The van der Waals surface area contributed by atoms with Gasteiger partial charge in [-0.3, -0.25) is 4.90 Å². The van der Waals surface area contributed by atoms with Crippen molar-refractivity contribution in [2.45, 2.75) is 76.9 Å². The Bertz CT molecular complexity index is 1320. The quantitative estimate of drug-likeness (QED) is 0.266. The van der Waals surface area contributed by atoms with Crippen molar-refractivity contribution >= 4 is 28.7 Å². The molecule has 0 saturated carbocycles. The number of urea groups is 1. The van der Waals surface area contributed by atoms with E-state index in [4.69, 9.17) is 4.74 Å². The third-order valence-corrected chi connectivity index (χ3v) is 7.79. The van der Waals surface area contributed by atoms with Crippen molar-refractivity contribution in [1.82, 2.24) is 29.7 Å². The standard InChI is InChI=1S/C30H46N8O4/c1-19(2)37(14-8-13-31-29(41)35-21-11-9-20(10-12-21)30(3,4)5)15-23-26(40)25(39)22(16-42-23)38-18-34-24-27(36(6)7)32-17-33-28(24)38/h9-12,17-19,22-23,25-26,39-40H,8,13-16H2,1-7H3,(H2,31,35,41)/t22?,23-,25+,26-/m1/s1. The average molecular weight is 583 g/mol. The lowest BCUT2D eigenvalue weighted by molar-refractivity contribution is -0.165. The number of aliphatic hydroxyl groups is 2. The van der Waals surface area contributed by atoms with Crippen molar-refractivity contribution in [3.63, 3.8) is 0 Å². The molecule has 0 radical (unpaired) electrons. The highest BCUT2D eigenvalue weighted by atomic mass is 16.5. The second kappa shape index (κ2) is 13.3.